The highest BCUT2D eigenvalue weighted by atomic mass is 16.6. The molecule has 3 atom stereocenters. The molecular formula is C26H30N2O6. The van der Waals surface area contributed by atoms with Crippen molar-refractivity contribution in [3.8, 4) is 11.1 Å². The Bertz CT molecular complexity index is 1030. The molecule has 1 saturated heterocycles. The van der Waals surface area contributed by atoms with Crippen molar-refractivity contribution in [3.63, 3.8) is 0 Å². The van der Waals surface area contributed by atoms with Crippen LogP contribution in [0.15, 0.2) is 48.5 Å². The van der Waals surface area contributed by atoms with E-state index < -0.39 is 36.7 Å². The van der Waals surface area contributed by atoms with Gasteiger partial charge in [-0.05, 0) is 42.0 Å². The van der Waals surface area contributed by atoms with E-state index in [9.17, 15) is 19.5 Å². The van der Waals surface area contributed by atoms with Gasteiger partial charge in [0.2, 0.25) is 0 Å². The van der Waals surface area contributed by atoms with Crippen LogP contribution < -0.4 is 5.32 Å². The molecule has 1 aliphatic heterocycles. The van der Waals surface area contributed by atoms with Crippen LogP contribution in [-0.2, 0) is 19.1 Å². The van der Waals surface area contributed by atoms with Crippen molar-refractivity contribution in [2.75, 3.05) is 19.8 Å². The lowest BCUT2D eigenvalue weighted by molar-refractivity contribution is -0.151. The summed E-state index contributed by atoms with van der Waals surface area (Å²) in [5, 5.41) is 12.0. The number of aliphatic carboxylic acids is 1. The number of fused-ring (bicyclic) bond motifs is 3. The van der Waals surface area contributed by atoms with Gasteiger partial charge in [0.1, 0.15) is 13.2 Å². The largest absolute Gasteiger partial charge is 0.480 e. The molecule has 1 fully saturated rings. The molecule has 2 amide bonds. The van der Waals surface area contributed by atoms with Gasteiger partial charge in [-0.3, -0.25) is 9.59 Å². The highest BCUT2D eigenvalue weighted by Gasteiger charge is 2.40. The summed E-state index contributed by atoms with van der Waals surface area (Å²) in [6.07, 6.45) is -0.504. The molecule has 0 aromatic heterocycles. The minimum Gasteiger partial charge on any atom is -0.480 e. The number of nitrogens with zero attached hydrogens (tertiary/aromatic N) is 1. The highest BCUT2D eigenvalue weighted by molar-refractivity contribution is 5.86. The third-order valence-corrected chi connectivity index (χ3v) is 6.69. The van der Waals surface area contributed by atoms with Gasteiger partial charge in [0.25, 0.3) is 5.91 Å². The monoisotopic (exact) mass is 466 g/mol. The van der Waals surface area contributed by atoms with Gasteiger partial charge >= 0.3 is 12.1 Å². The van der Waals surface area contributed by atoms with Crippen LogP contribution in [-0.4, -0.2) is 65.9 Å². The molecule has 1 heterocycles. The maximum absolute atomic E-state index is 13.1. The van der Waals surface area contributed by atoms with Crippen molar-refractivity contribution < 1.29 is 29.0 Å². The number of hydrogen-bond donors (Lipinski definition) is 2. The summed E-state index contributed by atoms with van der Waals surface area (Å²) in [6, 6.07) is 15.3. The predicted octanol–water partition coefficient (Wildman–Crippen LogP) is 3.39. The van der Waals surface area contributed by atoms with Crippen LogP contribution in [0.3, 0.4) is 0 Å². The number of nitrogens with one attached hydrogen (secondary N) is 1. The molecular weight excluding hydrogens is 436 g/mol. The summed E-state index contributed by atoms with van der Waals surface area (Å²) in [5.41, 5.74) is 4.52. The van der Waals surface area contributed by atoms with Crippen molar-refractivity contribution in [1.29, 1.82) is 0 Å². The smallest absolute Gasteiger partial charge is 0.407 e. The Morgan fingerprint density at radius 1 is 1.12 bits per heavy atom. The zero-order chi connectivity index (χ0) is 24.2. The summed E-state index contributed by atoms with van der Waals surface area (Å²) < 4.78 is 11.2. The molecule has 1 aliphatic carbocycles. The number of alkyl carbamates (subject to hydrolysis) is 1. The summed E-state index contributed by atoms with van der Waals surface area (Å²) in [4.78, 5) is 38.3. The van der Waals surface area contributed by atoms with Crippen LogP contribution in [0.5, 0.6) is 0 Å². The molecule has 2 N–H and O–H groups in total. The van der Waals surface area contributed by atoms with Crippen molar-refractivity contribution >= 4 is 18.0 Å². The number of carbonyl (C=O) groups excluding carboxylic acids is 2. The lowest BCUT2D eigenvalue weighted by atomic mass is 9.98. The SMILES string of the molecule is CCC(C)N(CC(=O)O)C(=O)[C@H]1OCC[C@H]1NC(=O)OCC1c2ccccc2-c2ccccc21. The Morgan fingerprint density at radius 3 is 2.32 bits per heavy atom. The van der Waals surface area contributed by atoms with Gasteiger partial charge in [0.05, 0.1) is 6.04 Å². The summed E-state index contributed by atoms with van der Waals surface area (Å²) >= 11 is 0. The Balaban J connectivity index is 1.40. The van der Waals surface area contributed by atoms with Crippen LogP contribution in [0.25, 0.3) is 11.1 Å². The molecule has 0 bridgehead atoms. The van der Waals surface area contributed by atoms with Crippen LogP contribution in [0.1, 0.15) is 43.7 Å². The molecule has 180 valence electrons. The van der Waals surface area contributed by atoms with Crippen LogP contribution >= 0.6 is 0 Å². The van der Waals surface area contributed by atoms with Gasteiger partial charge in [-0.25, -0.2) is 4.79 Å². The molecule has 8 nitrogen and oxygen atoms in total. The second kappa shape index (κ2) is 10.3. The van der Waals surface area contributed by atoms with E-state index in [-0.39, 0.29) is 18.6 Å². The Kier molecular flexibility index (Phi) is 7.17. The van der Waals surface area contributed by atoms with E-state index in [4.69, 9.17) is 9.47 Å². The fraction of sp³-hybridized carbons (Fsp3) is 0.423. The van der Waals surface area contributed by atoms with E-state index in [0.29, 0.717) is 19.4 Å². The van der Waals surface area contributed by atoms with E-state index >= 15 is 0 Å². The number of benzene rings is 2. The molecule has 0 saturated carbocycles. The molecule has 0 radical (unpaired) electrons. The van der Waals surface area contributed by atoms with Gasteiger partial charge in [0, 0.05) is 18.6 Å². The number of amides is 2. The number of ether oxygens (including phenoxy) is 2. The summed E-state index contributed by atoms with van der Waals surface area (Å²) in [7, 11) is 0. The Labute approximate surface area is 198 Å². The standard InChI is InChI=1S/C26H30N2O6/c1-3-16(2)28(14-23(29)30)25(31)24-22(12-13-33-24)27-26(32)34-15-21-19-10-6-4-8-17(19)18-9-5-7-11-20(18)21/h4-11,16,21-22,24H,3,12-15H2,1-2H3,(H,27,32)(H,29,30)/t16?,22-,24+/m1/s1. The number of carboxylic acid groups (broad SMARTS) is 1. The first-order chi connectivity index (χ1) is 16.4. The molecule has 2 aromatic carbocycles. The average molecular weight is 467 g/mol. The van der Waals surface area contributed by atoms with E-state index in [1.54, 1.807) is 6.92 Å². The zero-order valence-corrected chi connectivity index (χ0v) is 19.4. The summed E-state index contributed by atoms with van der Waals surface area (Å²) in [6.45, 7) is 3.74. The fourth-order valence-electron chi connectivity index (χ4n) is 4.75. The number of rotatable bonds is 8. The maximum atomic E-state index is 13.1. The quantitative estimate of drug-likeness (QED) is 0.618. The maximum Gasteiger partial charge on any atom is 0.407 e. The molecule has 2 aliphatic rings. The summed E-state index contributed by atoms with van der Waals surface area (Å²) in [5.74, 6) is -1.59. The molecule has 1 unspecified atom stereocenters. The topological polar surface area (TPSA) is 105 Å². The highest BCUT2D eigenvalue weighted by Crippen LogP contribution is 2.44. The van der Waals surface area contributed by atoms with Gasteiger partial charge < -0.3 is 24.8 Å². The van der Waals surface area contributed by atoms with E-state index in [2.05, 4.69) is 17.4 Å². The zero-order valence-electron chi connectivity index (χ0n) is 19.4. The number of hydrogen-bond acceptors (Lipinski definition) is 5. The van der Waals surface area contributed by atoms with Crippen molar-refractivity contribution in [2.24, 2.45) is 0 Å². The number of carbonyl (C=O) groups is 3. The molecule has 0 spiro atoms. The van der Waals surface area contributed by atoms with Crippen LogP contribution in [0.2, 0.25) is 0 Å². The molecule has 2 aromatic rings. The number of carboxylic acids is 1. The first kappa shape index (κ1) is 23.8. The van der Waals surface area contributed by atoms with E-state index in [1.165, 1.54) is 4.90 Å². The fourth-order valence-corrected chi connectivity index (χ4v) is 4.75. The Morgan fingerprint density at radius 2 is 1.74 bits per heavy atom. The first-order valence-corrected chi connectivity index (χ1v) is 11.7. The van der Waals surface area contributed by atoms with E-state index in [1.807, 2.05) is 43.3 Å². The normalized spacial score (nSPS) is 19.7. The van der Waals surface area contributed by atoms with Crippen molar-refractivity contribution in [3.05, 3.63) is 59.7 Å². The van der Waals surface area contributed by atoms with Crippen molar-refractivity contribution in [1.82, 2.24) is 10.2 Å². The third kappa shape index (κ3) is 4.77. The molecule has 34 heavy (non-hydrogen) atoms. The molecule has 4 rings (SSSR count). The first-order valence-electron chi connectivity index (χ1n) is 11.7. The van der Waals surface area contributed by atoms with Gasteiger partial charge in [-0.2, -0.15) is 0 Å². The second-order valence-electron chi connectivity index (χ2n) is 8.77. The molecule has 8 heteroatoms. The lowest BCUT2D eigenvalue weighted by Crippen LogP contribution is -2.53. The predicted molar refractivity (Wildman–Crippen MR) is 125 cm³/mol. The minimum absolute atomic E-state index is 0.0631. The lowest BCUT2D eigenvalue weighted by Gasteiger charge is -2.31. The van der Waals surface area contributed by atoms with Gasteiger partial charge in [0.15, 0.2) is 6.10 Å². The Hall–Kier alpha value is -3.39. The van der Waals surface area contributed by atoms with Gasteiger partial charge in [-0.1, -0.05) is 55.5 Å². The van der Waals surface area contributed by atoms with Crippen molar-refractivity contribution in [2.45, 2.75) is 50.8 Å². The van der Waals surface area contributed by atoms with E-state index in [0.717, 1.165) is 22.3 Å². The minimum atomic E-state index is -1.09. The van der Waals surface area contributed by atoms with Crippen LogP contribution in [0, 0.1) is 0 Å². The second-order valence-corrected chi connectivity index (χ2v) is 8.77. The van der Waals surface area contributed by atoms with Crippen LogP contribution in [0.4, 0.5) is 4.79 Å². The van der Waals surface area contributed by atoms with Gasteiger partial charge in [-0.15, -0.1) is 0 Å². The third-order valence-electron chi connectivity index (χ3n) is 6.69. The average Bonchev–Trinajstić information content (AvgIpc) is 3.42.